The van der Waals surface area contributed by atoms with E-state index in [4.69, 9.17) is 10.2 Å². The third-order valence-electron chi connectivity index (χ3n) is 1.20. The van der Waals surface area contributed by atoms with E-state index < -0.39 is 5.97 Å². The van der Waals surface area contributed by atoms with Crippen LogP contribution in [0.2, 0.25) is 0 Å². The van der Waals surface area contributed by atoms with Crippen LogP contribution in [0.25, 0.3) is 6.08 Å². The molecule has 1 aromatic rings. The van der Waals surface area contributed by atoms with Crippen molar-refractivity contribution < 1.29 is 15.0 Å². The Labute approximate surface area is 68.8 Å². The van der Waals surface area contributed by atoms with E-state index in [1.54, 1.807) is 6.07 Å². The summed E-state index contributed by atoms with van der Waals surface area (Å²) in [6.07, 6.45) is 3.63. The summed E-state index contributed by atoms with van der Waals surface area (Å²) in [6, 6.07) is 3.00. The van der Waals surface area contributed by atoms with Crippen molar-refractivity contribution in [3.05, 3.63) is 30.1 Å². The maximum atomic E-state index is 10.1. The zero-order chi connectivity index (χ0) is 8.97. The second-order valence-electron chi connectivity index (χ2n) is 2.08. The van der Waals surface area contributed by atoms with Crippen LogP contribution in [0.4, 0.5) is 0 Å². The summed E-state index contributed by atoms with van der Waals surface area (Å²) >= 11 is 0. The van der Waals surface area contributed by atoms with Crippen LogP contribution in [0.3, 0.4) is 0 Å². The van der Waals surface area contributed by atoms with E-state index in [9.17, 15) is 4.79 Å². The molecule has 0 aliphatic rings. The number of rotatable bonds is 2. The van der Waals surface area contributed by atoms with Crippen molar-refractivity contribution in [2.24, 2.45) is 0 Å². The molecular formula is C8H7NO3. The van der Waals surface area contributed by atoms with Crippen LogP contribution in [0, 0.1) is 0 Å². The van der Waals surface area contributed by atoms with Gasteiger partial charge in [-0.2, -0.15) is 0 Å². The van der Waals surface area contributed by atoms with Gasteiger partial charge in [0.1, 0.15) is 11.4 Å². The normalized spacial score (nSPS) is 10.3. The molecule has 2 N–H and O–H groups in total. The summed E-state index contributed by atoms with van der Waals surface area (Å²) in [6.45, 7) is 0. The minimum Gasteiger partial charge on any atom is -0.506 e. The van der Waals surface area contributed by atoms with Gasteiger partial charge in [-0.1, -0.05) is 0 Å². The molecular weight excluding hydrogens is 158 g/mol. The fourth-order valence-corrected chi connectivity index (χ4v) is 0.688. The number of nitrogens with zero attached hydrogens (tertiary/aromatic N) is 1. The van der Waals surface area contributed by atoms with E-state index in [1.807, 2.05) is 0 Å². The minimum absolute atomic E-state index is 0.0324. The van der Waals surface area contributed by atoms with Gasteiger partial charge in [0.15, 0.2) is 0 Å². The van der Waals surface area contributed by atoms with Gasteiger partial charge in [0.25, 0.3) is 0 Å². The second kappa shape index (κ2) is 3.52. The molecule has 0 aliphatic carbocycles. The van der Waals surface area contributed by atoms with Gasteiger partial charge in [0, 0.05) is 12.3 Å². The maximum Gasteiger partial charge on any atom is 0.328 e. The monoisotopic (exact) mass is 165 g/mol. The van der Waals surface area contributed by atoms with Crippen LogP contribution in [-0.2, 0) is 4.79 Å². The highest BCUT2D eigenvalue weighted by Gasteiger charge is 1.96. The highest BCUT2D eigenvalue weighted by atomic mass is 16.4. The molecule has 1 aromatic heterocycles. The predicted molar refractivity (Wildman–Crippen MR) is 42.6 cm³/mol. The van der Waals surface area contributed by atoms with E-state index in [0.29, 0.717) is 0 Å². The molecule has 1 heterocycles. The first kappa shape index (κ1) is 8.26. The number of carbonyl (C=O) groups is 1. The first-order valence-corrected chi connectivity index (χ1v) is 3.25. The molecule has 0 aliphatic heterocycles. The summed E-state index contributed by atoms with van der Waals surface area (Å²) in [5.74, 6) is -1.10. The SMILES string of the molecule is O=C(O)C=Cc1ncccc1O. The number of aromatic hydroxyl groups is 1. The fraction of sp³-hybridized carbons (Fsp3) is 0. The molecule has 0 atom stereocenters. The number of carboxylic acids is 1. The summed E-state index contributed by atoms with van der Waals surface area (Å²) in [5.41, 5.74) is 0.250. The van der Waals surface area contributed by atoms with Crippen LogP contribution < -0.4 is 0 Å². The van der Waals surface area contributed by atoms with Crippen molar-refractivity contribution in [3.63, 3.8) is 0 Å². The van der Waals surface area contributed by atoms with Crippen LogP contribution >= 0.6 is 0 Å². The lowest BCUT2D eigenvalue weighted by Gasteiger charge is -1.94. The maximum absolute atomic E-state index is 10.1. The van der Waals surface area contributed by atoms with Crippen LogP contribution in [0.1, 0.15) is 5.69 Å². The Morgan fingerprint density at radius 3 is 2.92 bits per heavy atom. The summed E-state index contributed by atoms with van der Waals surface area (Å²) < 4.78 is 0. The molecule has 0 aromatic carbocycles. The van der Waals surface area contributed by atoms with Gasteiger partial charge in [-0.3, -0.25) is 4.98 Å². The van der Waals surface area contributed by atoms with Crippen molar-refractivity contribution in [2.45, 2.75) is 0 Å². The lowest BCUT2D eigenvalue weighted by atomic mass is 10.3. The van der Waals surface area contributed by atoms with Gasteiger partial charge in [-0.05, 0) is 18.2 Å². The van der Waals surface area contributed by atoms with Crippen LogP contribution in [0.5, 0.6) is 5.75 Å². The van der Waals surface area contributed by atoms with Crippen molar-refractivity contribution in [2.75, 3.05) is 0 Å². The topological polar surface area (TPSA) is 70.4 Å². The first-order chi connectivity index (χ1) is 5.70. The van der Waals surface area contributed by atoms with Crippen LogP contribution in [-0.4, -0.2) is 21.2 Å². The predicted octanol–water partition coefficient (Wildman–Crippen LogP) is 0.885. The number of carboxylic acid groups (broad SMARTS) is 1. The Morgan fingerprint density at radius 1 is 1.58 bits per heavy atom. The van der Waals surface area contributed by atoms with Crippen LogP contribution in [0.15, 0.2) is 24.4 Å². The number of aliphatic carboxylic acids is 1. The number of aromatic nitrogens is 1. The molecule has 0 saturated carbocycles. The van der Waals surface area contributed by atoms with E-state index >= 15 is 0 Å². The third kappa shape index (κ3) is 2.09. The molecule has 0 radical (unpaired) electrons. The highest BCUT2D eigenvalue weighted by Crippen LogP contribution is 2.13. The van der Waals surface area contributed by atoms with Crippen molar-refractivity contribution in [1.82, 2.24) is 4.98 Å². The average molecular weight is 165 g/mol. The van der Waals surface area contributed by atoms with Gasteiger partial charge in [-0.25, -0.2) is 4.79 Å². The number of hydrogen-bond donors (Lipinski definition) is 2. The Balaban J connectivity index is 2.89. The fourth-order valence-electron chi connectivity index (χ4n) is 0.688. The lowest BCUT2D eigenvalue weighted by molar-refractivity contribution is -0.131. The van der Waals surface area contributed by atoms with Crippen molar-refractivity contribution in [1.29, 1.82) is 0 Å². The Hall–Kier alpha value is -1.84. The molecule has 0 amide bonds. The standard InChI is InChI=1S/C8H7NO3/c10-7-2-1-5-9-6(7)3-4-8(11)12/h1-5,10H,(H,11,12). The molecule has 1 rings (SSSR count). The zero-order valence-electron chi connectivity index (χ0n) is 6.14. The molecule has 0 unspecified atom stereocenters. The summed E-state index contributed by atoms with van der Waals surface area (Å²) in [5, 5.41) is 17.4. The second-order valence-corrected chi connectivity index (χ2v) is 2.08. The molecule has 4 heteroatoms. The molecule has 0 spiro atoms. The summed E-state index contributed by atoms with van der Waals surface area (Å²) in [7, 11) is 0. The molecule has 0 fully saturated rings. The first-order valence-electron chi connectivity index (χ1n) is 3.25. The quantitative estimate of drug-likeness (QED) is 0.638. The highest BCUT2D eigenvalue weighted by molar-refractivity contribution is 5.85. The summed E-state index contributed by atoms with van der Waals surface area (Å²) in [4.78, 5) is 13.8. The van der Waals surface area contributed by atoms with Gasteiger partial charge >= 0.3 is 5.97 Å². The van der Waals surface area contributed by atoms with E-state index in [-0.39, 0.29) is 11.4 Å². The molecule has 0 saturated heterocycles. The molecule has 62 valence electrons. The Bertz CT molecular complexity index is 320. The zero-order valence-corrected chi connectivity index (χ0v) is 6.14. The lowest BCUT2D eigenvalue weighted by Crippen LogP contribution is -1.87. The van der Waals surface area contributed by atoms with E-state index in [0.717, 1.165) is 6.08 Å². The smallest absolute Gasteiger partial charge is 0.328 e. The number of hydrogen-bond acceptors (Lipinski definition) is 3. The van der Waals surface area contributed by atoms with Gasteiger partial charge in [0.05, 0.1) is 0 Å². The van der Waals surface area contributed by atoms with Crippen molar-refractivity contribution >= 4 is 12.0 Å². The van der Waals surface area contributed by atoms with Crippen molar-refractivity contribution in [3.8, 4) is 5.75 Å². The third-order valence-corrected chi connectivity index (χ3v) is 1.20. The molecule has 4 nitrogen and oxygen atoms in total. The Kier molecular flexibility index (Phi) is 2.42. The minimum atomic E-state index is -1.07. The number of pyridine rings is 1. The van der Waals surface area contributed by atoms with E-state index in [2.05, 4.69) is 4.98 Å². The largest absolute Gasteiger partial charge is 0.506 e. The Morgan fingerprint density at radius 2 is 2.33 bits per heavy atom. The molecule has 0 bridgehead atoms. The van der Waals surface area contributed by atoms with Gasteiger partial charge in [0.2, 0.25) is 0 Å². The molecule has 12 heavy (non-hydrogen) atoms. The van der Waals surface area contributed by atoms with Gasteiger partial charge in [-0.15, -0.1) is 0 Å². The average Bonchev–Trinajstić information content (AvgIpc) is 2.03. The van der Waals surface area contributed by atoms with E-state index in [1.165, 1.54) is 18.3 Å². The van der Waals surface area contributed by atoms with Gasteiger partial charge < -0.3 is 10.2 Å².